The van der Waals surface area contributed by atoms with Gasteiger partial charge in [-0.2, -0.15) is 0 Å². The Hall–Kier alpha value is -3.40. The van der Waals surface area contributed by atoms with Gasteiger partial charge in [0.05, 0.1) is 6.26 Å². The lowest BCUT2D eigenvalue weighted by atomic mass is 9.96. The van der Waals surface area contributed by atoms with Crippen molar-refractivity contribution in [2.75, 3.05) is 0 Å². The molecule has 0 amide bonds. The zero-order valence-corrected chi connectivity index (χ0v) is 15.1. The molecule has 0 bridgehead atoms. The summed E-state index contributed by atoms with van der Waals surface area (Å²) >= 11 is 0. The molecule has 0 aliphatic carbocycles. The summed E-state index contributed by atoms with van der Waals surface area (Å²) in [5.41, 5.74) is 4.25. The molecule has 28 heavy (non-hydrogen) atoms. The average Bonchev–Trinajstić information content (AvgIpc) is 3.33. The minimum Gasteiger partial charge on any atom is -0.464 e. The summed E-state index contributed by atoms with van der Waals surface area (Å²) in [5.74, 6) is -0.396. The van der Waals surface area contributed by atoms with E-state index < -0.39 is 11.6 Å². The first-order chi connectivity index (χ1) is 13.6. The molecule has 4 heteroatoms. The van der Waals surface area contributed by atoms with Gasteiger partial charge < -0.3 is 8.83 Å². The molecule has 3 aromatic carbocycles. The zero-order valence-electron chi connectivity index (χ0n) is 15.1. The standard InChI is InChI=1S/C24H16F2O2/c1-2-19-11-17-10-16(14-3-6-23-15(9-14)7-8-27-23)12-21(24(17)28-19)20-5-4-18(25)13-22(20)26/h3-13H,2H2,1H3. The number of aryl methyl sites for hydroxylation is 1. The van der Waals surface area contributed by atoms with Crippen LogP contribution in [-0.2, 0) is 6.42 Å². The van der Waals surface area contributed by atoms with Gasteiger partial charge in [0.2, 0.25) is 0 Å². The number of fused-ring (bicyclic) bond motifs is 2. The fourth-order valence-electron chi connectivity index (χ4n) is 3.60. The minimum absolute atomic E-state index is 0.314. The van der Waals surface area contributed by atoms with E-state index in [-0.39, 0.29) is 0 Å². The monoisotopic (exact) mass is 374 g/mol. The molecule has 0 fully saturated rings. The Morgan fingerprint density at radius 3 is 2.46 bits per heavy atom. The quantitative estimate of drug-likeness (QED) is 0.330. The molecule has 5 aromatic rings. The van der Waals surface area contributed by atoms with E-state index in [1.54, 1.807) is 6.26 Å². The molecular formula is C24H16F2O2. The number of rotatable bonds is 3. The van der Waals surface area contributed by atoms with E-state index in [1.807, 2.05) is 49.4 Å². The van der Waals surface area contributed by atoms with Gasteiger partial charge in [-0.25, -0.2) is 8.78 Å². The largest absolute Gasteiger partial charge is 0.464 e. The van der Waals surface area contributed by atoms with Crippen LogP contribution in [0.15, 0.2) is 75.8 Å². The van der Waals surface area contributed by atoms with Crippen molar-refractivity contribution in [3.63, 3.8) is 0 Å². The maximum absolute atomic E-state index is 14.6. The van der Waals surface area contributed by atoms with E-state index in [0.717, 1.165) is 45.7 Å². The van der Waals surface area contributed by atoms with Gasteiger partial charge in [0.25, 0.3) is 0 Å². The van der Waals surface area contributed by atoms with Gasteiger partial charge in [0.1, 0.15) is 28.6 Å². The molecule has 2 aromatic heterocycles. The second-order valence-corrected chi connectivity index (χ2v) is 6.81. The van der Waals surface area contributed by atoms with Crippen LogP contribution in [-0.4, -0.2) is 0 Å². The van der Waals surface area contributed by atoms with Crippen LogP contribution in [0.3, 0.4) is 0 Å². The van der Waals surface area contributed by atoms with Crippen LogP contribution in [0.5, 0.6) is 0 Å². The Morgan fingerprint density at radius 1 is 0.786 bits per heavy atom. The van der Waals surface area contributed by atoms with Gasteiger partial charge in [-0.05, 0) is 59.7 Å². The van der Waals surface area contributed by atoms with Crippen LogP contribution < -0.4 is 0 Å². The molecule has 0 aliphatic rings. The molecule has 0 atom stereocenters. The second kappa shape index (κ2) is 6.34. The first-order valence-corrected chi connectivity index (χ1v) is 9.12. The Bertz CT molecular complexity index is 1330. The molecular weight excluding hydrogens is 358 g/mol. The van der Waals surface area contributed by atoms with E-state index in [4.69, 9.17) is 8.83 Å². The molecule has 0 unspecified atom stereocenters. The SMILES string of the molecule is CCc1cc2cc(-c3ccc4occc4c3)cc(-c3ccc(F)cc3F)c2o1. The predicted molar refractivity (Wildman–Crippen MR) is 106 cm³/mol. The van der Waals surface area contributed by atoms with Gasteiger partial charge in [-0.1, -0.05) is 13.0 Å². The molecule has 0 spiro atoms. The van der Waals surface area contributed by atoms with Crippen LogP contribution in [0.4, 0.5) is 8.78 Å². The number of halogens is 2. The highest BCUT2D eigenvalue weighted by Crippen LogP contribution is 2.38. The van der Waals surface area contributed by atoms with Crippen LogP contribution in [0, 0.1) is 11.6 Å². The van der Waals surface area contributed by atoms with Gasteiger partial charge >= 0.3 is 0 Å². The minimum atomic E-state index is -0.613. The highest BCUT2D eigenvalue weighted by Gasteiger charge is 2.16. The van der Waals surface area contributed by atoms with Crippen molar-refractivity contribution < 1.29 is 17.6 Å². The molecule has 0 saturated carbocycles. The van der Waals surface area contributed by atoms with Crippen molar-refractivity contribution in [1.29, 1.82) is 0 Å². The summed E-state index contributed by atoms with van der Waals surface area (Å²) in [4.78, 5) is 0. The summed E-state index contributed by atoms with van der Waals surface area (Å²) < 4.78 is 39.4. The lowest BCUT2D eigenvalue weighted by Gasteiger charge is -2.09. The topological polar surface area (TPSA) is 26.3 Å². The average molecular weight is 374 g/mol. The van der Waals surface area contributed by atoms with Crippen LogP contribution in [0.25, 0.3) is 44.2 Å². The third-order valence-electron chi connectivity index (χ3n) is 5.02. The van der Waals surface area contributed by atoms with E-state index in [2.05, 4.69) is 0 Å². The molecule has 0 saturated heterocycles. The molecule has 0 aliphatic heterocycles. The second-order valence-electron chi connectivity index (χ2n) is 6.81. The lowest BCUT2D eigenvalue weighted by molar-refractivity contribution is 0.556. The van der Waals surface area contributed by atoms with Gasteiger partial charge in [-0.15, -0.1) is 0 Å². The lowest BCUT2D eigenvalue weighted by Crippen LogP contribution is -1.88. The zero-order chi connectivity index (χ0) is 19.3. The van der Waals surface area contributed by atoms with E-state index in [1.165, 1.54) is 12.1 Å². The predicted octanol–water partition coefficient (Wildman–Crippen LogP) is 7.35. The first kappa shape index (κ1) is 16.8. The summed E-state index contributed by atoms with van der Waals surface area (Å²) in [5, 5.41) is 1.88. The molecule has 0 N–H and O–H groups in total. The van der Waals surface area contributed by atoms with Gasteiger partial charge in [0, 0.05) is 34.4 Å². The fourth-order valence-corrected chi connectivity index (χ4v) is 3.60. The van der Waals surface area contributed by atoms with E-state index in [9.17, 15) is 8.78 Å². The number of furan rings is 2. The highest BCUT2D eigenvalue weighted by molar-refractivity contribution is 5.98. The maximum Gasteiger partial charge on any atom is 0.142 e. The van der Waals surface area contributed by atoms with Gasteiger partial charge in [0.15, 0.2) is 0 Å². The summed E-state index contributed by atoms with van der Waals surface area (Å²) in [6, 6.07) is 17.3. The van der Waals surface area contributed by atoms with Crippen LogP contribution >= 0.6 is 0 Å². The Labute approximate surface area is 160 Å². The molecule has 2 heterocycles. The summed E-state index contributed by atoms with van der Waals surface area (Å²) in [6.45, 7) is 2.00. The Kier molecular flexibility index (Phi) is 3.79. The first-order valence-electron chi connectivity index (χ1n) is 9.12. The molecule has 0 radical (unpaired) electrons. The van der Waals surface area contributed by atoms with Crippen molar-refractivity contribution in [3.05, 3.63) is 84.3 Å². The molecule has 5 rings (SSSR count). The van der Waals surface area contributed by atoms with Crippen molar-refractivity contribution >= 4 is 21.9 Å². The van der Waals surface area contributed by atoms with Crippen LogP contribution in [0.2, 0.25) is 0 Å². The fraction of sp³-hybridized carbons (Fsp3) is 0.0833. The van der Waals surface area contributed by atoms with Crippen molar-refractivity contribution in [2.24, 2.45) is 0 Å². The molecule has 138 valence electrons. The van der Waals surface area contributed by atoms with E-state index in [0.29, 0.717) is 16.7 Å². The van der Waals surface area contributed by atoms with Crippen molar-refractivity contribution in [2.45, 2.75) is 13.3 Å². The van der Waals surface area contributed by atoms with Crippen molar-refractivity contribution in [3.8, 4) is 22.3 Å². The number of benzene rings is 3. The van der Waals surface area contributed by atoms with E-state index >= 15 is 0 Å². The van der Waals surface area contributed by atoms with Crippen LogP contribution in [0.1, 0.15) is 12.7 Å². The number of hydrogen-bond donors (Lipinski definition) is 0. The smallest absolute Gasteiger partial charge is 0.142 e. The Morgan fingerprint density at radius 2 is 1.64 bits per heavy atom. The maximum atomic E-state index is 14.6. The van der Waals surface area contributed by atoms with Gasteiger partial charge in [-0.3, -0.25) is 0 Å². The molecule has 2 nitrogen and oxygen atoms in total. The normalized spacial score (nSPS) is 11.5. The Balaban J connectivity index is 1.78. The van der Waals surface area contributed by atoms with Crippen molar-refractivity contribution in [1.82, 2.24) is 0 Å². The highest BCUT2D eigenvalue weighted by atomic mass is 19.1. The third kappa shape index (κ3) is 2.69. The number of hydrogen-bond acceptors (Lipinski definition) is 2. The summed E-state index contributed by atoms with van der Waals surface area (Å²) in [7, 11) is 0. The third-order valence-corrected chi connectivity index (χ3v) is 5.02. The summed E-state index contributed by atoms with van der Waals surface area (Å²) in [6.07, 6.45) is 2.39.